The van der Waals surface area contributed by atoms with Gasteiger partial charge >= 0.3 is 0 Å². The summed E-state index contributed by atoms with van der Waals surface area (Å²) >= 11 is 0. The van der Waals surface area contributed by atoms with Crippen molar-refractivity contribution < 1.29 is 14.3 Å². The van der Waals surface area contributed by atoms with Gasteiger partial charge in [0.15, 0.2) is 17.3 Å². The average Bonchev–Trinajstić information content (AvgIpc) is 2.90. The molecule has 0 spiro atoms. The van der Waals surface area contributed by atoms with E-state index in [0.717, 1.165) is 11.1 Å². The second kappa shape index (κ2) is 6.12. The van der Waals surface area contributed by atoms with Crippen LogP contribution in [0.4, 0.5) is 0 Å². The Balaban J connectivity index is 1.77. The molecule has 118 valence electrons. The summed E-state index contributed by atoms with van der Waals surface area (Å²) in [5.41, 5.74) is 2.52. The van der Waals surface area contributed by atoms with Gasteiger partial charge in [0.1, 0.15) is 5.84 Å². The van der Waals surface area contributed by atoms with Crippen LogP contribution in [0.1, 0.15) is 21.5 Å². The molecule has 0 saturated carbocycles. The number of hydrogen-bond acceptors (Lipinski definition) is 4. The van der Waals surface area contributed by atoms with Crippen LogP contribution in [0.3, 0.4) is 0 Å². The van der Waals surface area contributed by atoms with E-state index in [1.807, 2.05) is 24.3 Å². The first-order valence-electron chi connectivity index (χ1n) is 7.31. The maximum atomic E-state index is 12.5. The zero-order valence-corrected chi connectivity index (χ0v) is 13.1. The quantitative estimate of drug-likeness (QED) is 0.863. The van der Waals surface area contributed by atoms with Gasteiger partial charge in [0.25, 0.3) is 0 Å². The van der Waals surface area contributed by atoms with E-state index >= 15 is 0 Å². The Morgan fingerprint density at radius 3 is 2.57 bits per heavy atom. The number of nitrogens with one attached hydrogen (secondary N) is 1. The Morgan fingerprint density at radius 2 is 1.87 bits per heavy atom. The molecule has 5 nitrogen and oxygen atoms in total. The minimum absolute atomic E-state index is 0.0523. The van der Waals surface area contributed by atoms with Gasteiger partial charge < -0.3 is 14.4 Å². The number of Topliss-reactive ketones (excluding diaryl/α,β-unsaturated/α-hetero) is 1. The molecule has 0 amide bonds. The smallest absolute Gasteiger partial charge is 0.182 e. The lowest BCUT2D eigenvalue weighted by Gasteiger charge is -2.17. The SMILES string of the molecule is COc1ccc(C(=O)CN2Cc3ccccc3C2=N)cc1OC. The number of hydrogen-bond donors (Lipinski definition) is 1. The van der Waals surface area contributed by atoms with Gasteiger partial charge in [0.05, 0.1) is 20.8 Å². The summed E-state index contributed by atoms with van der Waals surface area (Å²) in [4.78, 5) is 14.3. The highest BCUT2D eigenvalue weighted by Gasteiger charge is 2.25. The van der Waals surface area contributed by atoms with Crippen molar-refractivity contribution in [3.8, 4) is 11.5 Å². The van der Waals surface area contributed by atoms with Crippen LogP contribution in [-0.2, 0) is 6.54 Å². The first kappa shape index (κ1) is 15.1. The molecule has 1 aliphatic heterocycles. The molecule has 0 bridgehead atoms. The number of carbonyl (C=O) groups is 1. The fraction of sp³-hybridized carbons (Fsp3) is 0.222. The molecule has 0 fully saturated rings. The second-order valence-corrected chi connectivity index (χ2v) is 5.35. The standard InChI is InChI=1S/C18H18N2O3/c1-22-16-8-7-12(9-17(16)23-2)15(21)11-20-10-13-5-3-4-6-14(13)18(20)19/h3-9,19H,10-11H2,1-2H3. The second-order valence-electron chi connectivity index (χ2n) is 5.35. The fourth-order valence-electron chi connectivity index (χ4n) is 2.75. The molecule has 0 aliphatic carbocycles. The van der Waals surface area contributed by atoms with Crippen molar-refractivity contribution in [2.75, 3.05) is 20.8 Å². The maximum Gasteiger partial charge on any atom is 0.182 e. The van der Waals surface area contributed by atoms with Crippen LogP contribution in [0, 0.1) is 5.41 Å². The number of rotatable bonds is 5. The number of amidine groups is 1. The molecular formula is C18H18N2O3. The number of benzene rings is 2. The van der Waals surface area contributed by atoms with E-state index in [4.69, 9.17) is 14.9 Å². The van der Waals surface area contributed by atoms with E-state index in [0.29, 0.717) is 29.4 Å². The molecule has 2 aromatic carbocycles. The van der Waals surface area contributed by atoms with Crippen molar-refractivity contribution in [2.45, 2.75) is 6.54 Å². The van der Waals surface area contributed by atoms with Gasteiger partial charge in [0, 0.05) is 17.7 Å². The third-order valence-corrected chi connectivity index (χ3v) is 3.99. The lowest BCUT2D eigenvalue weighted by atomic mass is 10.1. The molecule has 0 saturated heterocycles. The van der Waals surface area contributed by atoms with Crippen molar-refractivity contribution in [3.63, 3.8) is 0 Å². The van der Waals surface area contributed by atoms with Crippen LogP contribution in [0.15, 0.2) is 42.5 Å². The summed E-state index contributed by atoms with van der Waals surface area (Å²) in [6, 6.07) is 12.9. The fourth-order valence-corrected chi connectivity index (χ4v) is 2.75. The number of nitrogens with zero attached hydrogens (tertiary/aromatic N) is 1. The summed E-state index contributed by atoms with van der Waals surface area (Å²) < 4.78 is 10.4. The number of fused-ring (bicyclic) bond motifs is 1. The Bertz CT molecular complexity index is 771. The molecule has 2 aromatic rings. The number of carbonyl (C=O) groups excluding carboxylic acids is 1. The molecule has 1 N–H and O–H groups in total. The predicted molar refractivity (Wildman–Crippen MR) is 87.6 cm³/mol. The monoisotopic (exact) mass is 310 g/mol. The third kappa shape index (κ3) is 2.77. The van der Waals surface area contributed by atoms with Crippen molar-refractivity contribution in [3.05, 3.63) is 59.2 Å². The summed E-state index contributed by atoms with van der Waals surface area (Å²) in [6.45, 7) is 0.761. The van der Waals surface area contributed by atoms with Crippen LogP contribution in [0.5, 0.6) is 11.5 Å². The molecule has 1 aliphatic rings. The van der Waals surface area contributed by atoms with Crippen LogP contribution >= 0.6 is 0 Å². The molecule has 0 unspecified atom stereocenters. The summed E-state index contributed by atoms with van der Waals surface area (Å²) in [5, 5.41) is 8.21. The van der Waals surface area contributed by atoms with Crippen molar-refractivity contribution in [1.29, 1.82) is 5.41 Å². The van der Waals surface area contributed by atoms with Gasteiger partial charge in [-0.3, -0.25) is 10.2 Å². The average molecular weight is 310 g/mol. The third-order valence-electron chi connectivity index (χ3n) is 3.99. The molecule has 1 heterocycles. The van der Waals surface area contributed by atoms with Gasteiger partial charge in [-0.1, -0.05) is 24.3 Å². The van der Waals surface area contributed by atoms with Crippen LogP contribution < -0.4 is 9.47 Å². The highest BCUT2D eigenvalue weighted by atomic mass is 16.5. The van der Waals surface area contributed by atoms with Crippen molar-refractivity contribution in [2.24, 2.45) is 0 Å². The summed E-state index contributed by atoms with van der Waals surface area (Å²) in [6.07, 6.45) is 0. The molecule has 23 heavy (non-hydrogen) atoms. The molecule has 0 atom stereocenters. The minimum atomic E-state index is -0.0523. The van der Waals surface area contributed by atoms with E-state index < -0.39 is 0 Å². The maximum absolute atomic E-state index is 12.5. The van der Waals surface area contributed by atoms with Crippen LogP contribution in [0.2, 0.25) is 0 Å². The van der Waals surface area contributed by atoms with Gasteiger partial charge in [-0.25, -0.2) is 0 Å². The van der Waals surface area contributed by atoms with E-state index in [2.05, 4.69) is 0 Å². The highest BCUT2D eigenvalue weighted by Crippen LogP contribution is 2.28. The topological polar surface area (TPSA) is 62.6 Å². The Morgan fingerprint density at radius 1 is 1.13 bits per heavy atom. The number of ether oxygens (including phenoxy) is 2. The van der Waals surface area contributed by atoms with E-state index in [1.165, 1.54) is 0 Å². The largest absolute Gasteiger partial charge is 0.493 e. The lowest BCUT2D eigenvalue weighted by molar-refractivity contribution is 0.0962. The molecule has 0 radical (unpaired) electrons. The zero-order chi connectivity index (χ0) is 16.4. The summed E-state index contributed by atoms with van der Waals surface area (Å²) in [5.74, 6) is 1.46. The van der Waals surface area contributed by atoms with Gasteiger partial charge in [-0.15, -0.1) is 0 Å². The van der Waals surface area contributed by atoms with Gasteiger partial charge in [-0.05, 0) is 23.8 Å². The van der Waals surface area contributed by atoms with Crippen molar-refractivity contribution in [1.82, 2.24) is 4.90 Å². The van der Waals surface area contributed by atoms with Gasteiger partial charge in [0.2, 0.25) is 0 Å². The highest BCUT2D eigenvalue weighted by molar-refractivity contribution is 6.05. The Labute approximate surface area is 135 Å². The Kier molecular flexibility index (Phi) is 4.02. The summed E-state index contributed by atoms with van der Waals surface area (Å²) in [7, 11) is 3.10. The minimum Gasteiger partial charge on any atom is -0.493 e. The Hall–Kier alpha value is -2.82. The van der Waals surface area contributed by atoms with E-state index in [1.54, 1.807) is 37.3 Å². The normalized spacial score (nSPS) is 13.0. The molecule has 0 aromatic heterocycles. The first-order chi connectivity index (χ1) is 11.1. The van der Waals surface area contributed by atoms with Crippen molar-refractivity contribution >= 4 is 11.6 Å². The molecule has 3 rings (SSSR count). The van der Waals surface area contributed by atoms with Crippen LogP contribution in [0.25, 0.3) is 0 Å². The number of methoxy groups -OCH3 is 2. The molecule has 5 heteroatoms. The lowest BCUT2D eigenvalue weighted by Crippen LogP contribution is -2.30. The molecular weight excluding hydrogens is 292 g/mol. The van der Waals surface area contributed by atoms with E-state index in [9.17, 15) is 4.79 Å². The van der Waals surface area contributed by atoms with Crippen LogP contribution in [-0.4, -0.2) is 37.3 Å². The number of ketones is 1. The van der Waals surface area contributed by atoms with Gasteiger partial charge in [-0.2, -0.15) is 0 Å². The van der Waals surface area contributed by atoms with E-state index in [-0.39, 0.29) is 12.3 Å². The first-order valence-corrected chi connectivity index (χ1v) is 7.31. The predicted octanol–water partition coefficient (Wildman–Crippen LogP) is 2.73. The zero-order valence-electron chi connectivity index (χ0n) is 13.1.